The lowest BCUT2D eigenvalue weighted by molar-refractivity contribution is 0.00328. The average Bonchev–Trinajstić information content (AvgIpc) is 3.07. The molecule has 104 valence electrons. The molecule has 1 amide bonds. The van der Waals surface area contributed by atoms with E-state index in [0.717, 1.165) is 19.4 Å². The Balaban J connectivity index is 2.06. The van der Waals surface area contributed by atoms with Crippen molar-refractivity contribution < 1.29 is 9.53 Å². The molecule has 1 atom stereocenters. The number of likely N-dealkylation sites (N-methyl/N-ethyl adjacent to an activating group) is 1. The molecule has 0 bridgehead atoms. The maximum Gasteiger partial charge on any atom is 0.410 e. The summed E-state index contributed by atoms with van der Waals surface area (Å²) in [5.74, 6) is 0. The summed E-state index contributed by atoms with van der Waals surface area (Å²) < 4.78 is 5.53. The van der Waals surface area contributed by atoms with Gasteiger partial charge in [0.25, 0.3) is 0 Å². The van der Waals surface area contributed by atoms with E-state index in [1.807, 2.05) is 32.7 Å². The maximum absolute atomic E-state index is 12.3. The van der Waals surface area contributed by atoms with Crippen LogP contribution in [0.3, 0.4) is 0 Å². The molecular formula is C14H26N2O2. The van der Waals surface area contributed by atoms with Gasteiger partial charge in [-0.1, -0.05) is 0 Å². The van der Waals surface area contributed by atoms with Crippen molar-refractivity contribution in [2.24, 2.45) is 0 Å². The number of rotatable bonds is 2. The van der Waals surface area contributed by atoms with Gasteiger partial charge in [0, 0.05) is 12.1 Å². The highest BCUT2D eigenvalue weighted by Gasteiger charge is 2.52. The van der Waals surface area contributed by atoms with Crippen molar-refractivity contribution in [3.05, 3.63) is 0 Å². The SMILES string of the molecule is CNC1(C2CCCCN2C(=O)OC(C)(C)C)CC1. The largest absolute Gasteiger partial charge is 0.444 e. The number of carbonyl (C=O) groups is 1. The van der Waals surface area contributed by atoms with Gasteiger partial charge < -0.3 is 15.0 Å². The highest BCUT2D eigenvalue weighted by atomic mass is 16.6. The number of hydrogen-bond donors (Lipinski definition) is 1. The van der Waals surface area contributed by atoms with Crippen LogP contribution in [0.25, 0.3) is 0 Å². The Morgan fingerprint density at radius 1 is 1.33 bits per heavy atom. The molecule has 1 N–H and O–H groups in total. The Labute approximate surface area is 110 Å². The molecule has 0 aromatic carbocycles. The molecule has 4 nitrogen and oxygen atoms in total. The molecule has 1 unspecified atom stereocenters. The van der Waals surface area contributed by atoms with Crippen molar-refractivity contribution in [3.8, 4) is 0 Å². The molecule has 0 aromatic heterocycles. The molecule has 1 saturated heterocycles. The second-order valence-corrected chi connectivity index (χ2v) is 6.59. The smallest absolute Gasteiger partial charge is 0.410 e. The third kappa shape index (κ3) is 2.79. The van der Waals surface area contributed by atoms with Crippen molar-refractivity contribution in [1.29, 1.82) is 0 Å². The van der Waals surface area contributed by atoms with Gasteiger partial charge in [-0.25, -0.2) is 4.79 Å². The first-order chi connectivity index (χ1) is 8.38. The summed E-state index contributed by atoms with van der Waals surface area (Å²) in [6.45, 7) is 6.61. The Kier molecular flexibility index (Phi) is 3.58. The summed E-state index contributed by atoms with van der Waals surface area (Å²) in [7, 11) is 2.01. The molecule has 18 heavy (non-hydrogen) atoms. The zero-order chi connectivity index (χ0) is 13.4. The highest BCUT2D eigenvalue weighted by molar-refractivity contribution is 5.69. The van der Waals surface area contributed by atoms with Crippen LogP contribution in [0.15, 0.2) is 0 Å². The van der Waals surface area contributed by atoms with Gasteiger partial charge in [-0.15, -0.1) is 0 Å². The number of ether oxygens (including phenoxy) is 1. The van der Waals surface area contributed by atoms with E-state index in [1.54, 1.807) is 0 Å². The van der Waals surface area contributed by atoms with E-state index in [9.17, 15) is 4.79 Å². The second-order valence-electron chi connectivity index (χ2n) is 6.59. The fourth-order valence-electron chi connectivity index (χ4n) is 2.93. The van der Waals surface area contributed by atoms with E-state index < -0.39 is 5.60 Å². The van der Waals surface area contributed by atoms with Gasteiger partial charge in [-0.05, 0) is 59.9 Å². The van der Waals surface area contributed by atoms with Crippen molar-refractivity contribution in [2.75, 3.05) is 13.6 Å². The predicted molar refractivity (Wildman–Crippen MR) is 71.6 cm³/mol. The molecule has 0 radical (unpaired) electrons. The zero-order valence-electron chi connectivity index (χ0n) is 12.1. The lowest BCUT2D eigenvalue weighted by atomic mass is 9.94. The van der Waals surface area contributed by atoms with Crippen molar-refractivity contribution in [3.63, 3.8) is 0 Å². The summed E-state index contributed by atoms with van der Waals surface area (Å²) >= 11 is 0. The molecule has 0 spiro atoms. The van der Waals surface area contributed by atoms with Crippen LogP contribution >= 0.6 is 0 Å². The van der Waals surface area contributed by atoms with Gasteiger partial charge >= 0.3 is 6.09 Å². The van der Waals surface area contributed by atoms with Crippen LogP contribution < -0.4 is 5.32 Å². The molecular weight excluding hydrogens is 228 g/mol. The van der Waals surface area contributed by atoms with Crippen LogP contribution in [0.2, 0.25) is 0 Å². The monoisotopic (exact) mass is 254 g/mol. The second kappa shape index (κ2) is 4.72. The predicted octanol–water partition coefficient (Wildman–Crippen LogP) is 2.53. The third-order valence-corrected chi connectivity index (χ3v) is 4.06. The molecule has 4 heteroatoms. The van der Waals surface area contributed by atoms with Crippen molar-refractivity contribution >= 4 is 6.09 Å². The van der Waals surface area contributed by atoms with Crippen LogP contribution in [0.4, 0.5) is 4.79 Å². The van der Waals surface area contributed by atoms with E-state index >= 15 is 0 Å². The summed E-state index contributed by atoms with van der Waals surface area (Å²) in [4.78, 5) is 14.2. The topological polar surface area (TPSA) is 41.6 Å². The Hall–Kier alpha value is -0.770. The molecule has 2 aliphatic rings. The van der Waals surface area contributed by atoms with Gasteiger partial charge in [0.1, 0.15) is 5.60 Å². The minimum atomic E-state index is -0.407. The standard InChI is InChI=1S/C14H26N2O2/c1-13(2,3)18-12(17)16-10-6-5-7-11(16)14(15-4)8-9-14/h11,15H,5-10H2,1-4H3. The summed E-state index contributed by atoms with van der Waals surface area (Å²) in [5, 5.41) is 3.42. The summed E-state index contributed by atoms with van der Waals surface area (Å²) in [6.07, 6.45) is 5.61. The molecule has 0 aromatic rings. The van der Waals surface area contributed by atoms with Crippen molar-refractivity contribution in [1.82, 2.24) is 10.2 Å². The van der Waals surface area contributed by atoms with Gasteiger partial charge in [0.2, 0.25) is 0 Å². The Morgan fingerprint density at radius 2 is 2.00 bits per heavy atom. The van der Waals surface area contributed by atoms with E-state index in [2.05, 4.69) is 5.32 Å². The van der Waals surface area contributed by atoms with Crippen LogP contribution in [0.5, 0.6) is 0 Å². The van der Waals surface area contributed by atoms with Gasteiger partial charge in [0.15, 0.2) is 0 Å². The third-order valence-electron chi connectivity index (χ3n) is 4.06. The van der Waals surface area contributed by atoms with Gasteiger partial charge in [-0.3, -0.25) is 0 Å². The quantitative estimate of drug-likeness (QED) is 0.823. The fourth-order valence-corrected chi connectivity index (χ4v) is 2.93. The number of nitrogens with zero attached hydrogens (tertiary/aromatic N) is 1. The van der Waals surface area contributed by atoms with E-state index in [0.29, 0.717) is 6.04 Å². The van der Waals surface area contributed by atoms with Crippen LogP contribution in [-0.4, -0.2) is 41.8 Å². The van der Waals surface area contributed by atoms with E-state index in [1.165, 1.54) is 19.3 Å². The van der Waals surface area contributed by atoms with Gasteiger partial charge in [-0.2, -0.15) is 0 Å². The van der Waals surface area contributed by atoms with E-state index in [4.69, 9.17) is 4.74 Å². The van der Waals surface area contributed by atoms with Crippen LogP contribution in [0, 0.1) is 0 Å². The van der Waals surface area contributed by atoms with Crippen molar-refractivity contribution in [2.45, 2.75) is 70.1 Å². The Bertz CT molecular complexity index is 318. The maximum atomic E-state index is 12.3. The molecule has 1 aliphatic carbocycles. The minimum absolute atomic E-state index is 0.145. The number of nitrogens with one attached hydrogen (secondary N) is 1. The van der Waals surface area contributed by atoms with Crippen LogP contribution in [-0.2, 0) is 4.74 Å². The number of likely N-dealkylation sites (tertiary alicyclic amines) is 1. The first kappa shape index (κ1) is 13.7. The normalized spacial score (nSPS) is 26.9. The molecule has 1 heterocycles. The summed E-state index contributed by atoms with van der Waals surface area (Å²) in [5.41, 5.74) is -0.243. The highest BCUT2D eigenvalue weighted by Crippen LogP contribution is 2.44. The van der Waals surface area contributed by atoms with Crippen LogP contribution in [0.1, 0.15) is 52.9 Å². The minimum Gasteiger partial charge on any atom is -0.444 e. The molecule has 2 rings (SSSR count). The van der Waals surface area contributed by atoms with Gasteiger partial charge in [0.05, 0.1) is 6.04 Å². The lowest BCUT2D eigenvalue weighted by Gasteiger charge is -2.41. The first-order valence-corrected chi connectivity index (χ1v) is 7.06. The molecule has 2 fully saturated rings. The Morgan fingerprint density at radius 3 is 2.50 bits per heavy atom. The zero-order valence-corrected chi connectivity index (χ0v) is 12.1. The molecule has 1 saturated carbocycles. The number of amides is 1. The number of piperidine rings is 1. The summed E-state index contributed by atoms with van der Waals surface area (Å²) in [6, 6.07) is 0.311. The fraction of sp³-hybridized carbons (Fsp3) is 0.929. The average molecular weight is 254 g/mol. The number of carbonyl (C=O) groups excluding carboxylic acids is 1. The van der Waals surface area contributed by atoms with E-state index in [-0.39, 0.29) is 11.6 Å². The first-order valence-electron chi connectivity index (χ1n) is 7.06. The number of hydrogen-bond acceptors (Lipinski definition) is 3. The lowest BCUT2D eigenvalue weighted by Crippen LogP contribution is -2.56. The molecule has 1 aliphatic heterocycles.